The Labute approximate surface area is 156 Å². The minimum atomic E-state index is 0.0336. The molecule has 2 aromatic carbocycles. The van der Waals surface area contributed by atoms with Crippen LogP contribution in [0.4, 0.5) is 0 Å². The minimum absolute atomic E-state index is 0.0336. The lowest BCUT2D eigenvalue weighted by molar-refractivity contribution is 0.102. The molecule has 0 saturated carbocycles. The van der Waals surface area contributed by atoms with Gasteiger partial charge in [-0.3, -0.25) is 9.36 Å². The summed E-state index contributed by atoms with van der Waals surface area (Å²) in [7, 11) is 0. The van der Waals surface area contributed by atoms with Crippen LogP contribution in [-0.4, -0.2) is 34.3 Å². The van der Waals surface area contributed by atoms with Crippen LogP contribution in [0.25, 0.3) is 5.69 Å². The maximum absolute atomic E-state index is 12.6. The van der Waals surface area contributed by atoms with Crippen molar-refractivity contribution in [2.75, 3.05) is 19.0 Å². The molecular weight excluding hydrogens is 348 g/mol. The molecule has 5 nitrogen and oxygen atoms in total. The van der Waals surface area contributed by atoms with Gasteiger partial charge in [0.1, 0.15) is 13.2 Å². The molecule has 2 heterocycles. The molecule has 0 radical (unpaired) electrons. The molecule has 0 atom stereocenters. The SMILES string of the molecule is Cc1ccccc1-n1ccnc1SCC(=O)c1ccc2c(c1)OCCO2. The van der Waals surface area contributed by atoms with E-state index < -0.39 is 0 Å². The number of rotatable bonds is 5. The van der Waals surface area contributed by atoms with Crippen molar-refractivity contribution in [1.82, 2.24) is 9.55 Å². The third-order valence-corrected chi connectivity index (χ3v) is 5.15. The predicted octanol–water partition coefficient (Wildman–Crippen LogP) is 3.93. The molecule has 1 aliphatic heterocycles. The molecule has 6 heteroatoms. The van der Waals surface area contributed by atoms with Gasteiger partial charge in [-0.25, -0.2) is 4.98 Å². The maximum atomic E-state index is 12.6. The van der Waals surface area contributed by atoms with Gasteiger partial charge in [-0.1, -0.05) is 30.0 Å². The van der Waals surface area contributed by atoms with Crippen LogP contribution >= 0.6 is 11.8 Å². The number of aromatic nitrogens is 2. The Morgan fingerprint density at radius 2 is 1.96 bits per heavy atom. The smallest absolute Gasteiger partial charge is 0.173 e. The molecule has 1 aromatic heterocycles. The fraction of sp³-hybridized carbons (Fsp3) is 0.200. The van der Waals surface area contributed by atoms with Crippen molar-refractivity contribution < 1.29 is 14.3 Å². The lowest BCUT2D eigenvalue weighted by atomic mass is 10.1. The standard InChI is InChI=1S/C20H18N2O3S/c1-14-4-2-3-5-16(14)22-9-8-21-20(22)26-13-17(23)15-6-7-18-19(12-15)25-11-10-24-18/h2-9,12H,10-11,13H2,1H3. The van der Waals surface area contributed by atoms with Crippen LogP contribution in [0, 0.1) is 6.92 Å². The lowest BCUT2D eigenvalue weighted by Crippen LogP contribution is -2.16. The van der Waals surface area contributed by atoms with Crippen LogP contribution in [0.3, 0.4) is 0 Å². The molecule has 3 aromatic rings. The van der Waals surface area contributed by atoms with Gasteiger partial charge in [0.25, 0.3) is 0 Å². The Hall–Kier alpha value is -2.73. The van der Waals surface area contributed by atoms with Gasteiger partial charge in [0.2, 0.25) is 0 Å². The van der Waals surface area contributed by atoms with Crippen molar-refractivity contribution >= 4 is 17.5 Å². The van der Waals surface area contributed by atoms with E-state index in [2.05, 4.69) is 18.0 Å². The maximum Gasteiger partial charge on any atom is 0.173 e. The molecule has 0 unspecified atom stereocenters. The second-order valence-corrected chi connectivity index (χ2v) is 6.88. The Kier molecular flexibility index (Phi) is 4.67. The van der Waals surface area contributed by atoms with Gasteiger partial charge < -0.3 is 9.47 Å². The molecule has 0 saturated heterocycles. The van der Waals surface area contributed by atoms with Crippen LogP contribution in [0.2, 0.25) is 0 Å². The Balaban J connectivity index is 1.49. The number of fused-ring (bicyclic) bond motifs is 1. The number of aryl methyl sites for hydroxylation is 1. The number of carbonyl (C=O) groups excluding carboxylic acids is 1. The van der Waals surface area contributed by atoms with E-state index in [-0.39, 0.29) is 5.78 Å². The summed E-state index contributed by atoms with van der Waals surface area (Å²) in [6, 6.07) is 13.4. The molecule has 4 rings (SSSR count). The van der Waals surface area contributed by atoms with E-state index in [4.69, 9.17) is 9.47 Å². The summed E-state index contributed by atoms with van der Waals surface area (Å²) in [5.74, 6) is 1.66. The highest BCUT2D eigenvalue weighted by Crippen LogP contribution is 2.31. The number of ether oxygens (including phenoxy) is 2. The molecule has 0 N–H and O–H groups in total. The quantitative estimate of drug-likeness (QED) is 0.506. The molecule has 0 fully saturated rings. The molecule has 132 valence electrons. The number of imidazole rings is 1. The first-order valence-electron chi connectivity index (χ1n) is 8.37. The van der Waals surface area contributed by atoms with Gasteiger partial charge in [-0.2, -0.15) is 0 Å². The zero-order chi connectivity index (χ0) is 17.9. The molecule has 26 heavy (non-hydrogen) atoms. The van der Waals surface area contributed by atoms with Crippen molar-refractivity contribution in [3.8, 4) is 17.2 Å². The second kappa shape index (κ2) is 7.25. The minimum Gasteiger partial charge on any atom is -0.486 e. The van der Waals surface area contributed by atoms with Crippen molar-refractivity contribution in [2.45, 2.75) is 12.1 Å². The number of thioether (sulfide) groups is 1. The highest BCUT2D eigenvalue weighted by molar-refractivity contribution is 7.99. The van der Waals surface area contributed by atoms with Crippen LogP contribution < -0.4 is 9.47 Å². The fourth-order valence-electron chi connectivity index (χ4n) is 2.84. The third-order valence-electron chi connectivity index (χ3n) is 4.18. The summed E-state index contributed by atoms with van der Waals surface area (Å²) in [5, 5.41) is 0.796. The summed E-state index contributed by atoms with van der Waals surface area (Å²) >= 11 is 1.43. The van der Waals surface area contributed by atoms with E-state index in [1.54, 1.807) is 24.4 Å². The number of hydrogen-bond acceptors (Lipinski definition) is 5. The predicted molar refractivity (Wildman–Crippen MR) is 101 cm³/mol. The topological polar surface area (TPSA) is 53.4 Å². The average Bonchev–Trinajstić information content (AvgIpc) is 3.14. The second-order valence-electron chi connectivity index (χ2n) is 5.94. The van der Waals surface area contributed by atoms with Crippen LogP contribution in [0.1, 0.15) is 15.9 Å². The Morgan fingerprint density at radius 3 is 2.81 bits per heavy atom. The monoisotopic (exact) mass is 366 g/mol. The summed E-state index contributed by atoms with van der Waals surface area (Å²) < 4.78 is 13.1. The van der Waals surface area contributed by atoms with Gasteiger partial charge in [0, 0.05) is 18.0 Å². The van der Waals surface area contributed by atoms with Crippen LogP contribution in [-0.2, 0) is 0 Å². The zero-order valence-electron chi connectivity index (χ0n) is 14.3. The Morgan fingerprint density at radius 1 is 1.15 bits per heavy atom. The number of ketones is 1. The Bertz CT molecular complexity index is 952. The molecular formula is C20H18N2O3S. The molecule has 0 spiro atoms. The zero-order valence-corrected chi connectivity index (χ0v) is 15.2. The molecule has 0 amide bonds. The van der Waals surface area contributed by atoms with Gasteiger partial charge in [0.15, 0.2) is 22.4 Å². The van der Waals surface area contributed by atoms with E-state index in [1.807, 2.05) is 29.0 Å². The lowest BCUT2D eigenvalue weighted by Gasteiger charge is -2.18. The summed E-state index contributed by atoms with van der Waals surface area (Å²) in [6.07, 6.45) is 3.67. The van der Waals surface area contributed by atoms with E-state index >= 15 is 0 Å². The summed E-state index contributed by atoms with van der Waals surface area (Å²) in [5.41, 5.74) is 2.85. The molecule has 1 aliphatic rings. The fourth-order valence-corrected chi connectivity index (χ4v) is 3.70. The van der Waals surface area contributed by atoms with E-state index in [9.17, 15) is 4.79 Å². The van der Waals surface area contributed by atoms with E-state index in [0.717, 1.165) is 16.4 Å². The average molecular weight is 366 g/mol. The van der Waals surface area contributed by atoms with Crippen LogP contribution in [0.5, 0.6) is 11.5 Å². The van der Waals surface area contributed by atoms with Crippen molar-refractivity contribution in [3.05, 3.63) is 66.0 Å². The first kappa shape index (κ1) is 16.7. The molecule has 0 bridgehead atoms. The van der Waals surface area contributed by atoms with Crippen molar-refractivity contribution in [2.24, 2.45) is 0 Å². The van der Waals surface area contributed by atoms with Crippen molar-refractivity contribution in [3.63, 3.8) is 0 Å². The first-order valence-corrected chi connectivity index (χ1v) is 9.36. The van der Waals surface area contributed by atoms with Gasteiger partial charge in [-0.05, 0) is 36.8 Å². The third kappa shape index (κ3) is 3.32. The van der Waals surface area contributed by atoms with Gasteiger partial charge >= 0.3 is 0 Å². The van der Waals surface area contributed by atoms with Crippen molar-refractivity contribution in [1.29, 1.82) is 0 Å². The highest BCUT2D eigenvalue weighted by Gasteiger charge is 2.16. The summed E-state index contributed by atoms with van der Waals surface area (Å²) in [6.45, 7) is 3.11. The number of para-hydroxylation sites is 1. The molecule has 0 aliphatic carbocycles. The largest absolute Gasteiger partial charge is 0.486 e. The first-order chi connectivity index (χ1) is 12.7. The summed E-state index contributed by atoms with van der Waals surface area (Å²) in [4.78, 5) is 17.0. The highest BCUT2D eigenvalue weighted by atomic mass is 32.2. The number of nitrogens with zero attached hydrogens (tertiary/aromatic N) is 2. The number of Topliss-reactive ketones (excluding diaryl/α,β-unsaturated/α-hetero) is 1. The van der Waals surface area contributed by atoms with Gasteiger partial charge in [0.05, 0.1) is 11.4 Å². The van der Waals surface area contributed by atoms with Gasteiger partial charge in [-0.15, -0.1) is 0 Å². The number of benzene rings is 2. The number of carbonyl (C=O) groups is 1. The van der Waals surface area contributed by atoms with E-state index in [0.29, 0.717) is 36.0 Å². The van der Waals surface area contributed by atoms with E-state index in [1.165, 1.54) is 11.8 Å². The van der Waals surface area contributed by atoms with Crippen LogP contribution in [0.15, 0.2) is 60.0 Å². The normalized spacial score (nSPS) is 12.8. The number of hydrogen-bond donors (Lipinski definition) is 0.